The lowest BCUT2D eigenvalue weighted by Crippen LogP contribution is -2.16. The fraction of sp³-hybridized carbons (Fsp3) is 0.0625. The molecular formula is C32H30O6P2+2. The Bertz CT molecular complexity index is 1270. The van der Waals surface area contributed by atoms with Gasteiger partial charge in [-0.1, -0.05) is 84.9 Å². The highest BCUT2D eigenvalue weighted by atomic mass is 31.2. The molecule has 202 valence electrons. The summed E-state index contributed by atoms with van der Waals surface area (Å²) < 4.78 is 38.4. The van der Waals surface area contributed by atoms with Gasteiger partial charge in [-0.3, -0.25) is 27.1 Å². The minimum absolute atomic E-state index is 0.435. The molecule has 0 atom stereocenters. The summed E-state index contributed by atoms with van der Waals surface area (Å²) >= 11 is 0. The minimum Gasteiger partial charge on any atom is -0.272 e. The van der Waals surface area contributed by atoms with Gasteiger partial charge < -0.3 is 0 Å². The monoisotopic (exact) mass is 572 g/mol. The maximum absolute atomic E-state index is 6.54. The van der Waals surface area contributed by atoms with Crippen LogP contribution in [0.15, 0.2) is 146 Å². The molecule has 0 amide bonds. The van der Waals surface area contributed by atoms with Crippen molar-refractivity contribution in [2.75, 3.05) is 13.3 Å². The molecule has 0 unspecified atom stereocenters. The smallest absolute Gasteiger partial charge is 0.272 e. The summed E-state index contributed by atoms with van der Waals surface area (Å²) in [7, 11) is -6.02. The SMILES string of the molecule is C[P+](Oc1ccccc1)(Oc1ccccc1)Oc1ccccc1O[P+](C)(Oc1ccccc1)Oc1ccccc1. The van der Waals surface area contributed by atoms with Gasteiger partial charge in [-0.15, -0.1) is 0 Å². The highest BCUT2D eigenvalue weighted by molar-refractivity contribution is 7.62. The topological polar surface area (TPSA) is 55.4 Å². The zero-order chi connectivity index (χ0) is 27.7. The summed E-state index contributed by atoms with van der Waals surface area (Å²) in [6.07, 6.45) is 0. The van der Waals surface area contributed by atoms with Gasteiger partial charge in [0.15, 0.2) is 36.3 Å². The van der Waals surface area contributed by atoms with E-state index in [-0.39, 0.29) is 0 Å². The van der Waals surface area contributed by atoms with Crippen LogP contribution in [-0.2, 0) is 0 Å². The molecule has 0 spiro atoms. The predicted molar refractivity (Wildman–Crippen MR) is 162 cm³/mol. The Morgan fingerprint density at radius 1 is 0.300 bits per heavy atom. The summed E-state index contributed by atoms with van der Waals surface area (Å²) in [4.78, 5) is 0. The fourth-order valence-corrected chi connectivity index (χ4v) is 7.02. The van der Waals surface area contributed by atoms with Crippen LogP contribution < -0.4 is 27.1 Å². The first-order chi connectivity index (χ1) is 19.5. The van der Waals surface area contributed by atoms with Crippen molar-refractivity contribution < 1.29 is 27.1 Å². The lowest BCUT2D eigenvalue weighted by atomic mass is 10.3. The van der Waals surface area contributed by atoms with E-state index in [0.29, 0.717) is 34.5 Å². The standard InChI is InChI=1S/C32H30O6P2/c1-39(33-27-17-7-3-8-18-27,34-28-19-9-4-10-20-28)37-31-25-15-16-26-32(31)38-40(2,35-29-21-11-5-12-22-29)36-30-23-13-6-14-24-30/h3-26H,1-2H3/q+2. The van der Waals surface area contributed by atoms with Crippen LogP contribution in [0.5, 0.6) is 34.5 Å². The van der Waals surface area contributed by atoms with Crippen molar-refractivity contribution in [2.45, 2.75) is 0 Å². The molecule has 8 heteroatoms. The van der Waals surface area contributed by atoms with Crippen LogP contribution >= 0.6 is 15.9 Å². The van der Waals surface area contributed by atoms with Gasteiger partial charge in [0.2, 0.25) is 11.5 Å². The largest absolute Gasteiger partial charge is 0.538 e. The van der Waals surface area contributed by atoms with Gasteiger partial charge in [0.1, 0.15) is 0 Å². The van der Waals surface area contributed by atoms with E-state index in [1.54, 1.807) is 0 Å². The summed E-state index contributed by atoms with van der Waals surface area (Å²) in [5.74, 6) is 3.39. The predicted octanol–water partition coefficient (Wildman–Crippen LogP) is 9.54. The van der Waals surface area contributed by atoms with Crippen LogP contribution in [0.3, 0.4) is 0 Å². The molecule has 0 aromatic heterocycles. The molecule has 0 aliphatic heterocycles. The summed E-state index contributed by atoms with van der Waals surface area (Å²) in [6.45, 7) is 3.64. The maximum atomic E-state index is 6.54. The fourth-order valence-electron chi connectivity index (χ4n) is 3.76. The van der Waals surface area contributed by atoms with E-state index in [2.05, 4.69) is 0 Å². The Balaban J connectivity index is 1.46. The maximum Gasteiger partial charge on any atom is 0.538 e. The molecule has 5 aromatic carbocycles. The lowest BCUT2D eigenvalue weighted by molar-refractivity contribution is 0.338. The van der Waals surface area contributed by atoms with Crippen molar-refractivity contribution >= 4 is 15.9 Å². The highest BCUT2D eigenvalue weighted by Gasteiger charge is 2.48. The zero-order valence-electron chi connectivity index (χ0n) is 22.2. The van der Waals surface area contributed by atoms with Crippen LogP contribution in [0, 0.1) is 0 Å². The van der Waals surface area contributed by atoms with Crippen LogP contribution in [0.4, 0.5) is 0 Å². The minimum atomic E-state index is -3.01. The first-order valence-corrected chi connectivity index (χ1v) is 16.7. The molecule has 0 bridgehead atoms. The number of para-hydroxylation sites is 6. The van der Waals surface area contributed by atoms with Crippen molar-refractivity contribution in [1.82, 2.24) is 0 Å². The van der Waals surface area contributed by atoms with Crippen LogP contribution in [0.2, 0.25) is 0 Å². The van der Waals surface area contributed by atoms with Gasteiger partial charge in [0, 0.05) is 0 Å². The zero-order valence-corrected chi connectivity index (χ0v) is 24.0. The van der Waals surface area contributed by atoms with E-state index in [1.807, 2.05) is 159 Å². The molecule has 0 fully saturated rings. The Morgan fingerprint density at radius 3 is 0.775 bits per heavy atom. The van der Waals surface area contributed by atoms with Crippen LogP contribution in [0.1, 0.15) is 0 Å². The van der Waals surface area contributed by atoms with Gasteiger partial charge in [0.05, 0.1) is 0 Å². The summed E-state index contributed by atoms with van der Waals surface area (Å²) in [6, 6.07) is 45.2. The number of rotatable bonds is 12. The van der Waals surface area contributed by atoms with Gasteiger partial charge in [-0.05, 0) is 60.7 Å². The third-order valence-electron chi connectivity index (χ3n) is 5.44. The average Bonchev–Trinajstić information content (AvgIpc) is 2.96. The summed E-state index contributed by atoms with van der Waals surface area (Å²) in [5, 5.41) is 0. The molecule has 5 rings (SSSR count). The number of benzene rings is 5. The third kappa shape index (κ3) is 7.66. The number of hydrogen-bond acceptors (Lipinski definition) is 6. The number of hydrogen-bond donors (Lipinski definition) is 0. The first-order valence-electron chi connectivity index (χ1n) is 12.7. The molecule has 0 saturated carbocycles. The Hall–Kier alpha value is -4.24. The van der Waals surface area contributed by atoms with Gasteiger partial charge >= 0.3 is 15.9 Å². The van der Waals surface area contributed by atoms with E-state index in [4.69, 9.17) is 27.1 Å². The van der Waals surface area contributed by atoms with E-state index in [9.17, 15) is 0 Å². The van der Waals surface area contributed by atoms with Crippen molar-refractivity contribution in [1.29, 1.82) is 0 Å². The Labute approximate surface area is 236 Å². The van der Waals surface area contributed by atoms with Crippen molar-refractivity contribution in [2.24, 2.45) is 0 Å². The molecular weight excluding hydrogens is 542 g/mol. The second-order valence-corrected chi connectivity index (χ2v) is 13.0. The molecule has 0 radical (unpaired) electrons. The van der Waals surface area contributed by atoms with E-state index in [0.717, 1.165) is 0 Å². The van der Waals surface area contributed by atoms with Gasteiger partial charge in [0.25, 0.3) is 0 Å². The molecule has 6 nitrogen and oxygen atoms in total. The van der Waals surface area contributed by atoms with Crippen molar-refractivity contribution in [3.63, 3.8) is 0 Å². The molecule has 0 N–H and O–H groups in total. The van der Waals surface area contributed by atoms with Crippen LogP contribution in [0.25, 0.3) is 0 Å². The van der Waals surface area contributed by atoms with E-state index in [1.165, 1.54) is 0 Å². The molecule has 5 aromatic rings. The quantitative estimate of drug-likeness (QED) is 0.139. The van der Waals surface area contributed by atoms with Crippen molar-refractivity contribution in [3.05, 3.63) is 146 Å². The van der Waals surface area contributed by atoms with E-state index >= 15 is 0 Å². The molecule has 40 heavy (non-hydrogen) atoms. The highest BCUT2D eigenvalue weighted by Crippen LogP contribution is 2.62. The Morgan fingerprint density at radius 2 is 0.525 bits per heavy atom. The summed E-state index contributed by atoms with van der Waals surface area (Å²) in [5.41, 5.74) is 0. The van der Waals surface area contributed by atoms with Gasteiger partial charge in [-0.2, -0.15) is 0 Å². The molecule has 0 aliphatic rings. The Kier molecular flexibility index (Phi) is 8.71. The average molecular weight is 573 g/mol. The van der Waals surface area contributed by atoms with Crippen LogP contribution in [-0.4, -0.2) is 13.3 Å². The molecule has 0 heterocycles. The van der Waals surface area contributed by atoms with Crippen molar-refractivity contribution in [3.8, 4) is 34.5 Å². The normalized spacial score (nSPS) is 11.2. The third-order valence-corrected chi connectivity index (χ3v) is 8.66. The van der Waals surface area contributed by atoms with E-state index < -0.39 is 15.9 Å². The van der Waals surface area contributed by atoms with Gasteiger partial charge in [-0.25, -0.2) is 0 Å². The first kappa shape index (κ1) is 27.3. The molecule has 0 saturated heterocycles. The molecule has 0 aliphatic carbocycles. The second kappa shape index (κ2) is 12.7. The second-order valence-electron chi connectivity index (χ2n) is 8.79. The lowest BCUT2D eigenvalue weighted by Gasteiger charge is -2.22.